The van der Waals surface area contributed by atoms with Crippen LogP contribution in [0.5, 0.6) is 11.5 Å². The Balaban J connectivity index is 1.60. The zero-order chi connectivity index (χ0) is 19.9. The van der Waals surface area contributed by atoms with E-state index < -0.39 is 0 Å². The van der Waals surface area contributed by atoms with Gasteiger partial charge < -0.3 is 14.8 Å². The summed E-state index contributed by atoms with van der Waals surface area (Å²) in [5.41, 5.74) is 1.53. The van der Waals surface area contributed by atoms with E-state index in [1.54, 1.807) is 30.0 Å². The number of carbonyl (C=O) groups excluding carboxylic acids is 1. The molecule has 0 bridgehead atoms. The Bertz CT molecular complexity index is 949. The molecule has 3 aromatic rings. The number of rotatable bonds is 8. The van der Waals surface area contributed by atoms with Crippen molar-refractivity contribution in [2.45, 2.75) is 11.7 Å². The molecule has 0 atom stereocenters. The van der Waals surface area contributed by atoms with Crippen LogP contribution in [0.15, 0.2) is 47.6 Å². The molecular formula is C18H18ClN5O3S. The van der Waals surface area contributed by atoms with E-state index in [-0.39, 0.29) is 11.7 Å². The Morgan fingerprint density at radius 2 is 1.96 bits per heavy atom. The first-order valence-electron chi connectivity index (χ1n) is 8.24. The monoisotopic (exact) mass is 419 g/mol. The van der Waals surface area contributed by atoms with Gasteiger partial charge in [-0.15, -0.1) is 5.10 Å². The lowest BCUT2D eigenvalue weighted by atomic mass is 10.2. The Morgan fingerprint density at radius 1 is 1.18 bits per heavy atom. The second-order valence-electron chi connectivity index (χ2n) is 5.65. The average Bonchev–Trinajstić information content (AvgIpc) is 3.14. The number of tetrazole rings is 1. The van der Waals surface area contributed by atoms with Crippen molar-refractivity contribution >= 4 is 35.0 Å². The summed E-state index contributed by atoms with van der Waals surface area (Å²) >= 11 is 7.22. The van der Waals surface area contributed by atoms with Crippen molar-refractivity contribution in [1.82, 2.24) is 20.2 Å². The van der Waals surface area contributed by atoms with Crippen LogP contribution < -0.4 is 14.8 Å². The molecule has 0 fully saturated rings. The molecule has 1 aromatic heterocycles. The van der Waals surface area contributed by atoms with Crippen molar-refractivity contribution in [3.8, 4) is 11.5 Å². The van der Waals surface area contributed by atoms with E-state index in [9.17, 15) is 4.79 Å². The average molecular weight is 420 g/mol. The van der Waals surface area contributed by atoms with Gasteiger partial charge in [0.05, 0.1) is 32.2 Å². The van der Waals surface area contributed by atoms with Crippen LogP contribution in [0.2, 0.25) is 5.02 Å². The number of halogens is 1. The fourth-order valence-electron chi connectivity index (χ4n) is 2.40. The molecule has 28 heavy (non-hydrogen) atoms. The van der Waals surface area contributed by atoms with Gasteiger partial charge in [-0.05, 0) is 46.3 Å². The smallest absolute Gasteiger partial charge is 0.234 e. The Hall–Kier alpha value is -2.78. The Kier molecular flexibility index (Phi) is 6.72. The number of carbonyl (C=O) groups is 1. The molecular weight excluding hydrogens is 402 g/mol. The molecule has 1 N–H and O–H groups in total. The van der Waals surface area contributed by atoms with E-state index >= 15 is 0 Å². The highest BCUT2D eigenvalue weighted by Crippen LogP contribution is 2.28. The number of amides is 1. The maximum atomic E-state index is 12.3. The van der Waals surface area contributed by atoms with Gasteiger partial charge in [0.25, 0.3) is 0 Å². The van der Waals surface area contributed by atoms with Crippen LogP contribution in [0, 0.1) is 0 Å². The van der Waals surface area contributed by atoms with E-state index in [0.717, 1.165) is 11.3 Å². The molecule has 0 aliphatic heterocycles. The minimum absolute atomic E-state index is 0.138. The summed E-state index contributed by atoms with van der Waals surface area (Å²) in [6, 6.07) is 12.6. The highest BCUT2D eigenvalue weighted by atomic mass is 35.5. The summed E-state index contributed by atoms with van der Waals surface area (Å²) in [4.78, 5) is 12.3. The van der Waals surface area contributed by atoms with Crippen molar-refractivity contribution in [2.24, 2.45) is 0 Å². The number of nitrogens with one attached hydrogen (secondary N) is 1. The lowest BCUT2D eigenvalue weighted by Crippen LogP contribution is -2.15. The minimum atomic E-state index is -0.218. The predicted octanol–water partition coefficient (Wildman–Crippen LogP) is 3.12. The summed E-state index contributed by atoms with van der Waals surface area (Å²) in [6.45, 7) is 0.489. The van der Waals surface area contributed by atoms with Crippen molar-refractivity contribution in [3.05, 3.63) is 53.1 Å². The largest absolute Gasteiger partial charge is 0.497 e. The van der Waals surface area contributed by atoms with Crippen molar-refractivity contribution in [1.29, 1.82) is 0 Å². The first kappa shape index (κ1) is 20.0. The van der Waals surface area contributed by atoms with Gasteiger partial charge in [0, 0.05) is 5.02 Å². The van der Waals surface area contributed by atoms with E-state index in [1.807, 2.05) is 24.3 Å². The topological polar surface area (TPSA) is 91.2 Å². The third-order valence-electron chi connectivity index (χ3n) is 3.76. The lowest BCUT2D eigenvalue weighted by Gasteiger charge is -2.10. The molecule has 1 amide bonds. The number of nitrogens with zero attached hydrogens (tertiary/aromatic N) is 4. The summed E-state index contributed by atoms with van der Waals surface area (Å²) in [5, 5.41) is 15.5. The summed E-state index contributed by atoms with van der Waals surface area (Å²) in [5.74, 6) is 1.23. The van der Waals surface area contributed by atoms with Crippen molar-refractivity contribution in [2.75, 3.05) is 25.3 Å². The standard InChI is InChI=1S/C18H18ClN5O3S/c1-26-14-6-3-12(4-7-14)10-24-18(21-22-23-24)28-11-17(25)20-15-9-13(19)5-8-16(15)27-2/h3-9H,10-11H2,1-2H3,(H,20,25). The zero-order valence-electron chi connectivity index (χ0n) is 15.3. The Labute approximate surface area is 171 Å². The maximum absolute atomic E-state index is 12.3. The third kappa shape index (κ3) is 5.14. The van der Waals surface area contributed by atoms with Crippen LogP contribution in [0.1, 0.15) is 5.56 Å². The highest BCUT2D eigenvalue weighted by molar-refractivity contribution is 7.99. The van der Waals surface area contributed by atoms with Crippen LogP contribution in [-0.4, -0.2) is 46.1 Å². The molecule has 10 heteroatoms. The number of benzene rings is 2. The summed E-state index contributed by atoms with van der Waals surface area (Å²) < 4.78 is 12.0. The molecule has 8 nitrogen and oxygen atoms in total. The zero-order valence-corrected chi connectivity index (χ0v) is 16.8. The van der Waals surface area contributed by atoms with Crippen molar-refractivity contribution < 1.29 is 14.3 Å². The molecule has 0 unspecified atom stereocenters. The molecule has 0 saturated carbocycles. The number of thioether (sulfide) groups is 1. The van der Waals surface area contributed by atoms with Gasteiger partial charge in [-0.1, -0.05) is 35.5 Å². The molecule has 1 heterocycles. The first-order chi connectivity index (χ1) is 13.6. The number of anilines is 1. The van der Waals surface area contributed by atoms with Gasteiger partial charge in [0.2, 0.25) is 11.1 Å². The third-order valence-corrected chi connectivity index (χ3v) is 4.95. The number of hydrogen-bond acceptors (Lipinski definition) is 7. The lowest BCUT2D eigenvalue weighted by molar-refractivity contribution is -0.113. The normalized spacial score (nSPS) is 10.5. The SMILES string of the molecule is COc1ccc(Cn2nnnc2SCC(=O)Nc2cc(Cl)ccc2OC)cc1. The highest BCUT2D eigenvalue weighted by Gasteiger charge is 2.13. The second-order valence-corrected chi connectivity index (χ2v) is 7.03. The predicted molar refractivity (Wildman–Crippen MR) is 107 cm³/mol. The van der Waals surface area contributed by atoms with Gasteiger partial charge in [0.1, 0.15) is 11.5 Å². The van der Waals surface area contributed by atoms with E-state index in [0.29, 0.717) is 28.2 Å². The van der Waals surface area contributed by atoms with E-state index in [2.05, 4.69) is 20.8 Å². The summed E-state index contributed by atoms with van der Waals surface area (Å²) in [6.07, 6.45) is 0. The number of hydrogen-bond donors (Lipinski definition) is 1. The fraction of sp³-hybridized carbons (Fsp3) is 0.222. The molecule has 0 aliphatic rings. The molecule has 2 aromatic carbocycles. The number of ether oxygens (including phenoxy) is 2. The molecule has 0 radical (unpaired) electrons. The van der Waals surface area contributed by atoms with E-state index in [1.165, 1.54) is 18.9 Å². The molecule has 146 valence electrons. The fourth-order valence-corrected chi connectivity index (χ4v) is 3.25. The Morgan fingerprint density at radius 3 is 2.68 bits per heavy atom. The van der Waals surface area contributed by atoms with E-state index in [4.69, 9.17) is 21.1 Å². The van der Waals surface area contributed by atoms with Crippen LogP contribution >= 0.6 is 23.4 Å². The van der Waals surface area contributed by atoms with Gasteiger partial charge in [-0.3, -0.25) is 4.79 Å². The van der Waals surface area contributed by atoms with Crippen LogP contribution in [0.4, 0.5) is 5.69 Å². The van der Waals surface area contributed by atoms with Crippen LogP contribution in [0.25, 0.3) is 0 Å². The number of methoxy groups -OCH3 is 2. The van der Waals surface area contributed by atoms with Crippen LogP contribution in [0.3, 0.4) is 0 Å². The van der Waals surface area contributed by atoms with Crippen molar-refractivity contribution in [3.63, 3.8) is 0 Å². The van der Waals surface area contributed by atoms with Gasteiger partial charge in [0.15, 0.2) is 0 Å². The quantitative estimate of drug-likeness (QED) is 0.561. The maximum Gasteiger partial charge on any atom is 0.234 e. The number of aromatic nitrogens is 4. The van der Waals surface area contributed by atoms with Gasteiger partial charge in [-0.2, -0.15) is 0 Å². The van der Waals surface area contributed by atoms with Gasteiger partial charge in [-0.25, -0.2) is 4.68 Å². The second kappa shape index (κ2) is 9.43. The first-order valence-corrected chi connectivity index (χ1v) is 9.60. The molecule has 0 spiro atoms. The molecule has 3 rings (SSSR count). The minimum Gasteiger partial charge on any atom is -0.497 e. The summed E-state index contributed by atoms with van der Waals surface area (Å²) in [7, 11) is 3.15. The molecule has 0 saturated heterocycles. The molecule has 0 aliphatic carbocycles. The van der Waals surface area contributed by atoms with Gasteiger partial charge >= 0.3 is 0 Å². The van der Waals surface area contributed by atoms with Crippen LogP contribution in [-0.2, 0) is 11.3 Å².